The summed E-state index contributed by atoms with van der Waals surface area (Å²) in [6.07, 6.45) is 3.80. The Kier molecular flexibility index (Phi) is 7.13. The van der Waals surface area contributed by atoms with Crippen molar-refractivity contribution in [2.45, 2.75) is 31.6 Å². The Bertz CT molecular complexity index is 1390. The van der Waals surface area contributed by atoms with Crippen molar-refractivity contribution >= 4 is 33.8 Å². The molecular formula is C25H25F2N3O4S. The number of halogens is 2. The van der Waals surface area contributed by atoms with Gasteiger partial charge in [0.2, 0.25) is 15.9 Å². The minimum Gasteiger partial charge on any atom is -0.355 e. The first-order valence-corrected chi connectivity index (χ1v) is 12.6. The van der Waals surface area contributed by atoms with Gasteiger partial charge in [0.15, 0.2) is 10.7 Å². The number of nitrogens with zero attached hydrogens (tertiary/aromatic N) is 2. The number of nitrogens with one attached hydrogen (secondary N) is 1. The molecule has 3 aromatic rings. The highest BCUT2D eigenvalue weighted by atomic mass is 32.2. The topological polar surface area (TPSA) is 92.5 Å². The molecule has 184 valence electrons. The summed E-state index contributed by atoms with van der Waals surface area (Å²) in [6.45, 7) is 3.42. The molecule has 10 heteroatoms. The van der Waals surface area contributed by atoms with E-state index in [1.807, 2.05) is 0 Å². The molecule has 0 spiro atoms. The number of aryl methyl sites for hydroxylation is 2. The van der Waals surface area contributed by atoms with E-state index in [-0.39, 0.29) is 40.9 Å². The largest absolute Gasteiger partial charge is 0.355 e. The molecule has 1 aromatic heterocycles. The summed E-state index contributed by atoms with van der Waals surface area (Å²) in [6, 6.07) is 10.1. The van der Waals surface area contributed by atoms with E-state index in [1.165, 1.54) is 47.6 Å². The monoisotopic (exact) mass is 501 g/mol. The van der Waals surface area contributed by atoms with E-state index in [4.69, 9.17) is 4.52 Å². The molecule has 0 radical (unpaired) electrons. The van der Waals surface area contributed by atoms with E-state index in [9.17, 15) is 22.0 Å². The standard InChI is InChI=1S/C25H25F2N3O4S/c1-16-14-20(26)10-11-22(16)28-25(31)19-7-5-13-30(15-19)35(32,33)24-17(2)29-34-23(24)12-9-18-6-3-4-8-21(18)27/h3-4,6,8-12,14,19H,5,7,13,15H2,1-2H3,(H,28,31)/b12-9+/t19-/m0/s1. The number of carbonyl (C=O) groups is 1. The van der Waals surface area contributed by atoms with Gasteiger partial charge in [-0.3, -0.25) is 4.79 Å². The van der Waals surface area contributed by atoms with Gasteiger partial charge in [0.25, 0.3) is 0 Å². The lowest BCUT2D eigenvalue weighted by Crippen LogP contribution is -2.44. The van der Waals surface area contributed by atoms with Crippen molar-refractivity contribution in [3.8, 4) is 0 Å². The van der Waals surface area contributed by atoms with Gasteiger partial charge in [-0.25, -0.2) is 17.2 Å². The fraction of sp³-hybridized carbons (Fsp3) is 0.280. The van der Waals surface area contributed by atoms with Crippen LogP contribution in [0.3, 0.4) is 0 Å². The molecule has 2 heterocycles. The molecular weight excluding hydrogens is 476 g/mol. The van der Waals surface area contributed by atoms with Crippen molar-refractivity contribution in [2.24, 2.45) is 5.92 Å². The predicted molar refractivity (Wildman–Crippen MR) is 128 cm³/mol. The van der Waals surface area contributed by atoms with Crippen molar-refractivity contribution in [3.05, 3.63) is 76.7 Å². The molecule has 7 nitrogen and oxygen atoms in total. The maximum Gasteiger partial charge on any atom is 0.248 e. The Balaban J connectivity index is 1.54. The molecule has 1 aliphatic rings. The zero-order valence-electron chi connectivity index (χ0n) is 19.3. The molecule has 1 aliphatic heterocycles. The summed E-state index contributed by atoms with van der Waals surface area (Å²) in [5.41, 5.74) is 1.50. The van der Waals surface area contributed by atoms with Crippen LogP contribution in [0.15, 0.2) is 51.9 Å². The van der Waals surface area contributed by atoms with Gasteiger partial charge in [-0.2, -0.15) is 4.31 Å². The molecule has 2 aromatic carbocycles. The lowest BCUT2D eigenvalue weighted by atomic mass is 9.98. The number of hydrogen-bond acceptors (Lipinski definition) is 5. The summed E-state index contributed by atoms with van der Waals surface area (Å²) >= 11 is 0. The van der Waals surface area contributed by atoms with Crippen molar-refractivity contribution in [1.29, 1.82) is 0 Å². The van der Waals surface area contributed by atoms with Gasteiger partial charge in [-0.1, -0.05) is 23.4 Å². The summed E-state index contributed by atoms with van der Waals surface area (Å²) < 4.78 is 60.9. The second-order valence-electron chi connectivity index (χ2n) is 8.47. The van der Waals surface area contributed by atoms with Crippen LogP contribution in [-0.2, 0) is 14.8 Å². The molecule has 35 heavy (non-hydrogen) atoms. The van der Waals surface area contributed by atoms with Crippen LogP contribution in [0.25, 0.3) is 12.2 Å². The van der Waals surface area contributed by atoms with Gasteiger partial charge in [0.1, 0.15) is 17.3 Å². The highest BCUT2D eigenvalue weighted by molar-refractivity contribution is 7.89. The molecule has 0 bridgehead atoms. The number of benzene rings is 2. The second kappa shape index (κ2) is 10.1. The van der Waals surface area contributed by atoms with Crippen LogP contribution in [0.2, 0.25) is 0 Å². The number of rotatable bonds is 6. The number of carbonyl (C=O) groups excluding carboxylic acids is 1. The van der Waals surface area contributed by atoms with E-state index < -0.39 is 27.6 Å². The maximum atomic E-state index is 14.0. The van der Waals surface area contributed by atoms with Gasteiger partial charge in [-0.05, 0) is 68.7 Å². The van der Waals surface area contributed by atoms with Crippen LogP contribution in [0.4, 0.5) is 14.5 Å². The average Bonchev–Trinajstić information content (AvgIpc) is 3.21. The highest BCUT2D eigenvalue weighted by Crippen LogP contribution is 2.30. The molecule has 0 saturated carbocycles. The Morgan fingerprint density at radius 2 is 1.94 bits per heavy atom. The van der Waals surface area contributed by atoms with Gasteiger partial charge in [-0.15, -0.1) is 0 Å². The van der Waals surface area contributed by atoms with Gasteiger partial charge < -0.3 is 9.84 Å². The first kappa shape index (κ1) is 24.7. The first-order valence-electron chi connectivity index (χ1n) is 11.1. The number of aromatic nitrogens is 1. The van der Waals surface area contributed by atoms with Crippen molar-refractivity contribution in [3.63, 3.8) is 0 Å². The second-order valence-corrected chi connectivity index (χ2v) is 10.3. The summed E-state index contributed by atoms with van der Waals surface area (Å²) in [4.78, 5) is 12.8. The van der Waals surface area contributed by atoms with Crippen molar-refractivity contribution < 1.29 is 26.5 Å². The third-order valence-electron chi connectivity index (χ3n) is 5.95. The van der Waals surface area contributed by atoms with E-state index in [0.717, 1.165) is 0 Å². The number of sulfonamides is 1. The van der Waals surface area contributed by atoms with Gasteiger partial charge in [0, 0.05) is 24.3 Å². The SMILES string of the molecule is Cc1cc(F)ccc1NC(=O)[C@H]1CCCN(S(=O)(=O)c2c(C)noc2/C=C/c2ccccc2F)C1. The summed E-state index contributed by atoms with van der Waals surface area (Å²) in [7, 11) is -4.05. The lowest BCUT2D eigenvalue weighted by Gasteiger charge is -2.31. The van der Waals surface area contributed by atoms with Crippen LogP contribution in [0.1, 0.15) is 35.4 Å². The van der Waals surface area contributed by atoms with Crippen LogP contribution < -0.4 is 5.32 Å². The molecule has 1 amide bonds. The fourth-order valence-electron chi connectivity index (χ4n) is 4.08. The van der Waals surface area contributed by atoms with Crippen LogP contribution in [-0.4, -0.2) is 36.9 Å². The molecule has 1 fully saturated rings. The van der Waals surface area contributed by atoms with E-state index in [2.05, 4.69) is 10.5 Å². The summed E-state index contributed by atoms with van der Waals surface area (Å²) in [5.74, 6) is -1.79. The van der Waals surface area contributed by atoms with Crippen molar-refractivity contribution in [2.75, 3.05) is 18.4 Å². The van der Waals surface area contributed by atoms with Crippen LogP contribution in [0, 0.1) is 31.4 Å². The average molecular weight is 502 g/mol. The van der Waals surface area contributed by atoms with E-state index in [0.29, 0.717) is 24.1 Å². The lowest BCUT2D eigenvalue weighted by molar-refractivity contribution is -0.120. The Morgan fingerprint density at radius 1 is 1.17 bits per heavy atom. The predicted octanol–water partition coefficient (Wildman–Crippen LogP) is 4.78. The first-order chi connectivity index (χ1) is 16.7. The van der Waals surface area contributed by atoms with E-state index >= 15 is 0 Å². The number of hydrogen-bond donors (Lipinski definition) is 1. The minimum atomic E-state index is -4.05. The number of amides is 1. The Hall–Kier alpha value is -3.37. The zero-order valence-corrected chi connectivity index (χ0v) is 20.1. The van der Waals surface area contributed by atoms with Crippen molar-refractivity contribution in [1.82, 2.24) is 9.46 Å². The summed E-state index contributed by atoms with van der Waals surface area (Å²) in [5, 5.41) is 6.58. The van der Waals surface area contributed by atoms with Crippen LogP contribution >= 0.6 is 0 Å². The van der Waals surface area contributed by atoms with Gasteiger partial charge in [0.05, 0.1) is 5.92 Å². The van der Waals surface area contributed by atoms with Gasteiger partial charge >= 0.3 is 0 Å². The molecule has 1 N–H and O–H groups in total. The molecule has 0 aliphatic carbocycles. The molecule has 0 unspecified atom stereocenters. The molecule has 1 saturated heterocycles. The fourth-order valence-corrected chi connectivity index (χ4v) is 5.85. The van der Waals surface area contributed by atoms with Crippen LogP contribution in [0.5, 0.6) is 0 Å². The normalized spacial score (nSPS) is 17.1. The number of anilines is 1. The zero-order chi connectivity index (χ0) is 25.2. The Labute approximate surface area is 202 Å². The Morgan fingerprint density at radius 3 is 2.69 bits per heavy atom. The third kappa shape index (κ3) is 5.33. The molecule has 1 atom stereocenters. The third-order valence-corrected chi connectivity index (χ3v) is 7.98. The minimum absolute atomic E-state index is 0.0146. The smallest absolute Gasteiger partial charge is 0.248 e. The quantitative estimate of drug-likeness (QED) is 0.525. The highest BCUT2D eigenvalue weighted by Gasteiger charge is 2.37. The number of piperidine rings is 1. The van der Waals surface area contributed by atoms with E-state index in [1.54, 1.807) is 25.1 Å². The molecule has 4 rings (SSSR count). The maximum absolute atomic E-state index is 14.0.